The molecule has 0 fully saturated rings. The van der Waals surface area contributed by atoms with Crippen molar-refractivity contribution < 1.29 is 14.3 Å². The van der Waals surface area contributed by atoms with Crippen LogP contribution in [0.2, 0.25) is 0 Å². The summed E-state index contributed by atoms with van der Waals surface area (Å²) in [5.74, 6) is -1.18. The third-order valence-electron chi connectivity index (χ3n) is 2.73. The van der Waals surface area contributed by atoms with Gasteiger partial charge >= 0.3 is 5.97 Å². The molecule has 0 unspecified atom stereocenters. The first-order valence-electron chi connectivity index (χ1n) is 5.50. The van der Waals surface area contributed by atoms with E-state index < -0.39 is 5.97 Å². The maximum absolute atomic E-state index is 13.1. The lowest BCUT2D eigenvalue weighted by atomic mass is 10.2. The molecule has 1 N–H and O–H groups in total. The van der Waals surface area contributed by atoms with E-state index >= 15 is 0 Å². The SMILES string of the molecule is CC(C)n1c(CC(=O)O)cc2cc(F)ccc21. The van der Waals surface area contributed by atoms with E-state index in [9.17, 15) is 9.18 Å². The van der Waals surface area contributed by atoms with Crippen LogP contribution in [0.5, 0.6) is 0 Å². The van der Waals surface area contributed by atoms with Crippen molar-refractivity contribution >= 4 is 16.9 Å². The molecule has 4 heteroatoms. The molecule has 0 spiro atoms. The van der Waals surface area contributed by atoms with Gasteiger partial charge in [0, 0.05) is 22.6 Å². The van der Waals surface area contributed by atoms with E-state index in [-0.39, 0.29) is 18.3 Å². The highest BCUT2D eigenvalue weighted by atomic mass is 19.1. The third kappa shape index (κ3) is 2.16. The Morgan fingerprint density at radius 1 is 1.41 bits per heavy atom. The topological polar surface area (TPSA) is 42.2 Å². The summed E-state index contributed by atoms with van der Waals surface area (Å²) in [6.45, 7) is 3.96. The number of hydrogen-bond acceptors (Lipinski definition) is 1. The Morgan fingerprint density at radius 3 is 2.71 bits per heavy atom. The second kappa shape index (κ2) is 4.20. The largest absolute Gasteiger partial charge is 0.481 e. The molecule has 0 amide bonds. The van der Waals surface area contributed by atoms with Gasteiger partial charge in [-0.2, -0.15) is 0 Å². The molecule has 0 aliphatic carbocycles. The van der Waals surface area contributed by atoms with Gasteiger partial charge in [-0.3, -0.25) is 4.79 Å². The third-order valence-corrected chi connectivity index (χ3v) is 2.73. The summed E-state index contributed by atoms with van der Waals surface area (Å²) in [6, 6.07) is 6.40. The maximum atomic E-state index is 13.1. The smallest absolute Gasteiger partial charge is 0.309 e. The molecule has 0 saturated carbocycles. The van der Waals surface area contributed by atoms with Gasteiger partial charge in [-0.15, -0.1) is 0 Å². The van der Waals surface area contributed by atoms with Crippen molar-refractivity contribution in [3.8, 4) is 0 Å². The number of nitrogens with zero attached hydrogens (tertiary/aromatic N) is 1. The minimum absolute atomic E-state index is 0.0471. The first-order chi connectivity index (χ1) is 7.99. The average molecular weight is 235 g/mol. The van der Waals surface area contributed by atoms with E-state index in [1.807, 2.05) is 18.4 Å². The monoisotopic (exact) mass is 235 g/mol. The molecule has 2 rings (SSSR count). The first-order valence-corrected chi connectivity index (χ1v) is 5.50. The molecule has 17 heavy (non-hydrogen) atoms. The minimum atomic E-state index is -0.879. The molecule has 0 aliphatic heterocycles. The van der Waals surface area contributed by atoms with Gasteiger partial charge < -0.3 is 9.67 Å². The van der Waals surface area contributed by atoms with Crippen LogP contribution in [0, 0.1) is 5.82 Å². The summed E-state index contributed by atoms with van der Waals surface area (Å²) in [5, 5.41) is 9.61. The van der Waals surface area contributed by atoms with Crippen molar-refractivity contribution in [2.24, 2.45) is 0 Å². The molecule has 1 heterocycles. The summed E-state index contributed by atoms with van der Waals surface area (Å²) in [4.78, 5) is 10.8. The van der Waals surface area contributed by atoms with Crippen molar-refractivity contribution in [3.63, 3.8) is 0 Å². The Morgan fingerprint density at radius 2 is 2.12 bits per heavy atom. The van der Waals surface area contributed by atoms with Gasteiger partial charge in [0.15, 0.2) is 0 Å². The highest BCUT2D eigenvalue weighted by molar-refractivity contribution is 5.83. The van der Waals surface area contributed by atoms with E-state index in [1.165, 1.54) is 12.1 Å². The molecule has 2 aromatic rings. The van der Waals surface area contributed by atoms with Crippen molar-refractivity contribution in [3.05, 3.63) is 35.8 Å². The van der Waals surface area contributed by atoms with Crippen molar-refractivity contribution in [1.29, 1.82) is 0 Å². The quantitative estimate of drug-likeness (QED) is 0.888. The fourth-order valence-corrected chi connectivity index (χ4v) is 2.17. The first kappa shape index (κ1) is 11.6. The molecule has 3 nitrogen and oxygen atoms in total. The molecule has 0 saturated heterocycles. The average Bonchev–Trinajstić information content (AvgIpc) is 2.53. The van der Waals surface area contributed by atoms with Gasteiger partial charge in [0.25, 0.3) is 0 Å². The Balaban J connectivity index is 2.65. The number of carboxylic acids is 1. The van der Waals surface area contributed by atoms with Crippen LogP contribution in [0.1, 0.15) is 25.6 Å². The lowest BCUT2D eigenvalue weighted by Gasteiger charge is -2.13. The Hall–Kier alpha value is -1.84. The van der Waals surface area contributed by atoms with E-state index in [2.05, 4.69) is 0 Å². The predicted octanol–water partition coefficient (Wildman–Crippen LogP) is 2.99. The molecular weight excluding hydrogens is 221 g/mol. The Kier molecular flexibility index (Phi) is 2.88. The Bertz CT molecular complexity index is 572. The number of rotatable bonds is 3. The molecule has 0 radical (unpaired) electrons. The summed E-state index contributed by atoms with van der Waals surface area (Å²) < 4.78 is 15.0. The van der Waals surface area contributed by atoms with Gasteiger partial charge in [0.1, 0.15) is 5.82 Å². The number of benzene rings is 1. The number of hydrogen-bond donors (Lipinski definition) is 1. The summed E-state index contributed by atoms with van der Waals surface area (Å²) in [7, 11) is 0. The van der Waals surface area contributed by atoms with Gasteiger partial charge in [0.05, 0.1) is 6.42 Å². The van der Waals surface area contributed by atoms with Crippen LogP contribution in [-0.4, -0.2) is 15.6 Å². The minimum Gasteiger partial charge on any atom is -0.481 e. The van der Waals surface area contributed by atoms with Crippen LogP contribution in [0.3, 0.4) is 0 Å². The number of aromatic nitrogens is 1. The lowest BCUT2D eigenvalue weighted by Crippen LogP contribution is -2.09. The number of halogens is 1. The molecule has 0 aliphatic rings. The summed E-state index contributed by atoms with van der Waals surface area (Å²) >= 11 is 0. The molecule has 90 valence electrons. The second-order valence-corrected chi connectivity index (χ2v) is 4.37. The van der Waals surface area contributed by atoms with E-state index in [4.69, 9.17) is 5.11 Å². The van der Waals surface area contributed by atoms with Crippen LogP contribution in [0.4, 0.5) is 4.39 Å². The number of carboxylic acid groups (broad SMARTS) is 1. The van der Waals surface area contributed by atoms with Gasteiger partial charge in [-0.25, -0.2) is 4.39 Å². The maximum Gasteiger partial charge on any atom is 0.309 e. The highest BCUT2D eigenvalue weighted by Gasteiger charge is 2.14. The van der Waals surface area contributed by atoms with Gasteiger partial charge in [0.2, 0.25) is 0 Å². The summed E-state index contributed by atoms with van der Waals surface area (Å²) in [6.07, 6.45) is -0.0471. The lowest BCUT2D eigenvalue weighted by molar-refractivity contribution is -0.136. The van der Waals surface area contributed by atoms with Crippen molar-refractivity contribution in [1.82, 2.24) is 4.57 Å². The van der Waals surface area contributed by atoms with Crippen molar-refractivity contribution in [2.75, 3.05) is 0 Å². The Labute approximate surface area is 98.5 Å². The molecular formula is C13H14FNO2. The highest BCUT2D eigenvalue weighted by Crippen LogP contribution is 2.25. The fraction of sp³-hybridized carbons (Fsp3) is 0.308. The second-order valence-electron chi connectivity index (χ2n) is 4.37. The molecule has 1 aromatic carbocycles. The molecule has 0 bridgehead atoms. The van der Waals surface area contributed by atoms with Gasteiger partial charge in [-0.1, -0.05) is 0 Å². The van der Waals surface area contributed by atoms with E-state index in [1.54, 1.807) is 12.1 Å². The molecule has 1 aromatic heterocycles. The zero-order valence-electron chi connectivity index (χ0n) is 9.77. The summed E-state index contributed by atoms with van der Waals surface area (Å²) in [5.41, 5.74) is 1.57. The number of fused-ring (bicyclic) bond motifs is 1. The predicted molar refractivity (Wildman–Crippen MR) is 63.6 cm³/mol. The standard InChI is InChI=1S/C13H14FNO2/c1-8(2)15-11(7-13(16)17)6-9-5-10(14)3-4-12(9)15/h3-6,8H,7H2,1-2H3,(H,16,17). The normalized spacial score (nSPS) is 11.3. The number of aliphatic carboxylic acids is 1. The van der Waals surface area contributed by atoms with Crippen LogP contribution in [-0.2, 0) is 11.2 Å². The van der Waals surface area contributed by atoms with Crippen LogP contribution < -0.4 is 0 Å². The fourth-order valence-electron chi connectivity index (χ4n) is 2.17. The zero-order chi connectivity index (χ0) is 12.6. The van der Waals surface area contributed by atoms with Gasteiger partial charge in [-0.05, 0) is 38.1 Å². The zero-order valence-corrected chi connectivity index (χ0v) is 9.77. The van der Waals surface area contributed by atoms with Crippen LogP contribution in [0.25, 0.3) is 10.9 Å². The van der Waals surface area contributed by atoms with Crippen LogP contribution in [0.15, 0.2) is 24.3 Å². The number of carbonyl (C=O) groups is 1. The van der Waals surface area contributed by atoms with Crippen molar-refractivity contribution in [2.45, 2.75) is 26.3 Å². The van der Waals surface area contributed by atoms with Crippen LogP contribution >= 0.6 is 0 Å². The molecule has 0 atom stereocenters. The van der Waals surface area contributed by atoms with E-state index in [0.717, 1.165) is 10.9 Å². The van der Waals surface area contributed by atoms with E-state index in [0.29, 0.717) is 5.69 Å².